The third-order valence-electron chi connectivity index (χ3n) is 3.40. The van der Waals surface area contributed by atoms with E-state index in [1.165, 1.54) is 6.07 Å². The highest BCUT2D eigenvalue weighted by Gasteiger charge is 2.33. The van der Waals surface area contributed by atoms with E-state index >= 15 is 0 Å². The number of carbonyl (C=O) groups excluding carboxylic acids is 1. The highest BCUT2D eigenvalue weighted by atomic mass is 19.4. The molecule has 0 bridgehead atoms. The molecule has 0 saturated carbocycles. The average Bonchev–Trinajstić information content (AvgIpc) is 2.46. The Morgan fingerprint density at radius 1 is 1.10 bits per heavy atom. The van der Waals surface area contributed by atoms with Gasteiger partial charge in [-0.05, 0) is 31.0 Å². The molecule has 21 heavy (non-hydrogen) atoms. The second-order valence-electron chi connectivity index (χ2n) is 5.08. The van der Waals surface area contributed by atoms with Crippen LogP contribution in [0.4, 0.5) is 18.9 Å². The largest absolute Gasteiger partial charge is 0.417 e. The predicted octanol–water partition coefficient (Wildman–Crippen LogP) is 4.92. The van der Waals surface area contributed by atoms with E-state index in [0.717, 1.165) is 44.8 Å². The summed E-state index contributed by atoms with van der Waals surface area (Å²) in [5.41, 5.74) is -0.625. The monoisotopic (exact) mass is 301 g/mol. The van der Waals surface area contributed by atoms with Gasteiger partial charge in [-0.3, -0.25) is 4.79 Å². The van der Waals surface area contributed by atoms with Gasteiger partial charge in [-0.15, -0.1) is 0 Å². The zero-order chi connectivity index (χ0) is 15.9. The van der Waals surface area contributed by atoms with Crippen LogP contribution in [-0.2, 0) is 6.18 Å². The molecule has 1 aromatic rings. The molecule has 2 nitrogen and oxygen atoms in total. The molecule has 1 rings (SSSR count). The number of halogens is 3. The maximum absolute atomic E-state index is 13.0. The van der Waals surface area contributed by atoms with Crippen LogP contribution in [0.1, 0.15) is 55.5 Å². The quantitative estimate of drug-likeness (QED) is 0.635. The number of unbranched alkanes of at least 4 members (excludes halogenated alkanes) is 2. The summed E-state index contributed by atoms with van der Waals surface area (Å²) in [7, 11) is 0. The molecule has 0 saturated heterocycles. The van der Waals surface area contributed by atoms with Crippen molar-refractivity contribution in [3.05, 3.63) is 29.3 Å². The van der Waals surface area contributed by atoms with Crippen LogP contribution in [0.25, 0.3) is 0 Å². The van der Waals surface area contributed by atoms with Crippen LogP contribution in [0.2, 0.25) is 0 Å². The standard InChI is InChI=1S/C16H22F3NO/c1-3-5-9-20(10-6-4-2)14-8-7-13(12-21)15(11-14)16(17,18)19/h7-8,11-12H,3-6,9-10H2,1-2H3. The summed E-state index contributed by atoms with van der Waals surface area (Å²) in [4.78, 5) is 12.8. The maximum Gasteiger partial charge on any atom is 0.417 e. The lowest BCUT2D eigenvalue weighted by Gasteiger charge is -2.26. The minimum Gasteiger partial charge on any atom is -0.372 e. The van der Waals surface area contributed by atoms with E-state index in [1.807, 2.05) is 4.90 Å². The molecule has 0 aliphatic carbocycles. The van der Waals surface area contributed by atoms with Gasteiger partial charge in [0.2, 0.25) is 0 Å². The van der Waals surface area contributed by atoms with Crippen molar-refractivity contribution in [1.82, 2.24) is 0 Å². The van der Waals surface area contributed by atoms with E-state index in [1.54, 1.807) is 6.07 Å². The van der Waals surface area contributed by atoms with Gasteiger partial charge >= 0.3 is 6.18 Å². The molecule has 0 fully saturated rings. The van der Waals surface area contributed by atoms with Crippen LogP contribution < -0.4 is 4.90 Å². The van der Waals surface area contributed by atoms with Crippen molar-refractivity contribution in [2.45, 2.75) is 45.7 Å². The fourth-order valence-corrected chi connectivity index (χ4v) is 2.16. The predicted molar refractivity (Wildman–Crippen MR) is 78.9 cm³/mol. The average molecular weight is 301 g/mol. The lowest BCUT2D eigenvalue weighted by Crippen LogP contribution is -2.26. The molecule has 1 aromatic carbocycles. The van der Waals surface area contributed by atoms with E-state index in [4.69, 9.17) is 0 Å². The van der Waals surface area contributed by atoms with E-state index in [-0.39, 0.29) is 11.8 Å². The first-order chi connectivity index (χ1) is 9.93. The number of alkyl halides is 3. The van der Waals surface area contributed by atoms with Crippen LogP contribution in [0.15, 0.2) is 18.2 Å². The van der Waals surface area contributed by atoms with E-state index in [2.05, 4.69) is 13.8 Å². The Kier molecular flexibility index (Phi) is 6.72. The van der Waals surface area contributed by atoms with Crippen LogP contribution in [0.5, 0.6) is 0 Å². The van der Waals surface area contributed by atoms with Gasteiger partial charge < -0.3 is 4.90 Å². The fourth-order valence-electron chi connectivity index (χ4n) is 2.16. The Labute approximate surface area is 123 Å². The van der Waals surface area contributed by atoms with E-state index in [9.17, 15) is 18.0 Å². The third kappa shape index (κ3) is 5.06. The molecule has 0 aromatic heterocycles. The zero-order valence-electron chi connectivity index (χ0n) is 12.5. The molecule has 0 heterocycles. The Bertz CT molecular complexity index is 449. The van der Waals surface area contributed by atoms with Crippen LogP contribution in [0.3, 0.4) is 0 Å². The third-order valence-corrected chi connectivity index (χ3v) is 3.40. The molecular weight excluding hydrogens is 279 g/mol. The van der Waals surface area contributed by atoms with Gasteiger partial charge in [0.05, 0.1) is 5.56 Å². The molecular formula is C16H22F3NO. The van der Waals surface area contributed by atoms with Gasteiger partial charge in [-0.2, -0.15) is 13.2 Å². The summed E-state index contributed by atoms with van der Waals surface area (Å²) in [6.45, 7) is 5.56. The van der Waals surface area contributed by atoms with E-state index in [0.29, 0.717) is 5.69 Å². The highest BCUT2D eigenvalue weighted by molar-refractivity contribution is 5.79. The number of nitrogens with zero attached hydrogens (tertiary/aromatic N) is 1. The molecule has 0 unspecified atom stereocenters. The second-order valence-corrected chi connectivity index (χ2v) is 5.08. The number of aldehydes is 1. The summed E-state index contributed by atoms with van der Waals surface area (Å²) in [6.07, 6.45) is -0.411. The van der Waals surface area contributed by atoms with Gasteiger partial charge in [-0.1, -0.05) is 26.7 Å². The minimum atomic E-state index is -4.51. The van der Waals surface area contributed by atoms with Crippen molar-refractivity contribution in [1.29, 1.82) is 0 Å². The van der Waals surface area contributed by atoms with Crippen molar-refractivity contribution in [2.75, 3.05) is 18.0 Å². The Morgan fingerprint density at radius 3 is 2.10 bits per heavy atom. The van der Waals surface area contributed by atoms with Gasteiger partial charge in [0, 0.05) is 24.3 Å². The smallest absolute Gasteiger partial charge is 0.372 e. The lowest BCUT2D eigenvalue weighted by molar-refractivity contribution is -0.137. The van der Waals surface area contributed by atoms with E-state index < -0.39 is 11.7 Å². The molecule has 0 aliphatic heterocycles. The summed E-state index contributed by atoms with van der Waals surface area (Å²) in [5.74, 6) is 0. The van der Waals surface area contributed by atoms with Crippen molar-refractivity contribution in [2.24, 2.45) is 0 Å². The SMILES string of the molecule is CCCCN(CCCC)c1ccc(C=O)c(C(F)(F)F)c1. The first kappa shape index (κ1) is 17.5. The number of carbonyl (C=O) groups is 1. The number of benzene rings is 1. The van der Waals surface area contributed by atoms with Crippen LogP contribution in [-0.4, -0.2) is 19.4 Å². The number of hydrogen-bond donors (Lipinski definition) is 0. The number of anilines is 1. The molecule has 5 heteroatoms. The molecule has 0 N–H and O–H groups in total. The van der Waals surface area contributed by atoms with Gasteiger partial charge in [0.25, 0.3) is 0 Å². The molecule has 0 radical (unpaired) electrons. The minimum absolute atomic E-state index is 0.259. The van der Waals surface area contributed by atoms with Crippen molar-refractivity contribution < 1.29 is 18.0 Å². The fraction of sp³-hybridized carbons (Fsp3) is 0.562. The molecule has 0 amide bonds. The summed E-state index contributed by atoms with van der Waals surface area (Å²) in [5, 5.41) is 0. The molecule has 0 aliphatic rings. The Balaban J connectivity index is 3.10. The lowest BCUT2D eigenvalue weighted by atomic mass is 10.1. The van der Waals surface area contributed by atoms with Crippen molar-refractivity contribution in [3.8, 4) is 0 Å². The Hall–Kier alpha value is -1.52. The first-order valence-electron chi connectivity index (χ1n) is 7.35. The van der Waals surface area contributed by atoms with Crippen molar-refractivity contribution >= 4 is 12.0 Å². The summed E-state index contributed by atoms with van der Waals surface area (Å²) < 4.78 is 39.0. The molecule has 118 valence electrons. The van der Waals surface area contributed by atoms with Crippen LogP contribution in [0, 0.1) is 0 Å². The summed E-state index contributed by atoms with van der Waals surface area (Å²) >= 11 is 0. The number of rotatable bonds is 8. The van der Waals surface area contributed by atoms with Gasteiger partial charge in [0.1, 0.15) is 0 Å². The topological polar surface area (TPSA) is 20.3 Å². The number of hydrogen-bond acceptors (Lipinski definition) is 2. The summed E-state index contributed by atoms with van der Waals surface area (Å²) in [6, 6.07) is 3.95. The highest BCUT2D eigenvalue weighted by Crippen LogP contribution is 2.34. The Morgan fingerprint density at radius 2 is 1.67 bits per heavy atom. The van der Waals surface area contributed by atoms with Crippen molar-refractivity contribution in [3.63, 3.8) is 0 Å². The van der Waals surface area contributed by atoms with Crippen LogP contribution >= 0.6 is 0 Å². The maximum atomic E-state index is 13.0. The zero-order valence-corrected chi connectivity index (χ0v) is 12.5. The van der Waals surface area contributed by atoms with Gasteiger partial charge in [-0.25, -0.2) is 0 Å². The normalized spacial score (nSPS) is 11.5. The first-order valence-corrected chi connectivity index (χ1v) is 7.35. The molecule has 0 atom stereocenters. The van der Waals surface area contributed by atoms with Gasteiger partial charge in [0.15, 0.2) is 6.29 Å². The molecule has 0 spiro atoms. The second kappa shape index (κ2) is 8.05.